The number of benzene rings is 3. The lowest BCUT2D eigenvalue weighted by atomic mass is 10.1. The number of carbonyl (C=O) groups is 1. The van der Waals surface area contributed by atoms with Gasteiger partial charge in [0.25, 0.3) is 5.91 Å². The molecule has 4 rings (SSSR count). The molecule has 1 heterocycles. The Morgan fingerprint density at radius 1 is 0.818 bits per heavy atom. The van der Waals surface area contributed by atoms with Crippen molar-refractivity contribution in [1.29, 1.82) is 0 Å². The lowest BCUT2D eigenvalue weighted by Gasteiger charge is -2.09. The predicted octanol–water partition coefficient (Wildman–Crippen LogP) is 4.88. The smallest absolute Gasteiger partial charge is 0.251 e. The van der Waals surface area contributed by atoms with E-state index in [9.17, 15) is 4.79 Å². The van der Waals surface area contributed by atoms with Crippen LogP contribution in [0.3, 0.4) is 0 Å². The fourth-order valence-corrected chi connectivity index (χ4v) is 3.17. The van der Waals surface area contributed by atoms with Gasteiger partial charge in [0.15, 0.2) is 0 Å². The van der Waals surface area contributed by atoms with Crippen molar-refractivity contribution >= 4 is 5.91 Å². The SMILES string of the molecule is COc1ccc(CNC(=O)c2cccc(-c3cc(Oc4ccc(OC)cc4)ncn3)c2)cc1. The Kier molecular flexibility index (Phi) is 6.80. The van der Waals surface area contributed by atoms with E-state index in [1.54, 1.807) is 44.6 Å². The minimum absolute atomic E-state index is 0.170. The van der Waals surface area contributed by atoms with Crippen LogP contribution in [-0.4, -0.2) is 30.1 Å². The van der Waals surface area contributed by atoms with Crippen molar-refractivity contribution in [2.24, 2.45) is 0 Å². The molecule has 166 valence electrons. The molecule has 0 atom stereocenters. The third-order valence-electron chi connectivity index (χ3n) is 4.96. The second kappa shape index (κ2) is 10.3. The molecule has 0 aliphatic heterocycles. The molecule has 7 nitrogen and oxygen atoms in total. The number of amides is 1. The van der Waals surface area contributed by atoms with E-state index in [4.69, 9.17) is 14.2 Å². The highest BCUT2D eigenvalue weighted by Crippen LogP contribution is 2.26. The topological polar surface area (TPSA) is 82.6 Å². The van der Waals surface area contributed by atoms with E-state index in [2.05, 4.69) is 15.3 Å². The molecule has 0 saturated carbocycles. The molecule has 0 radical (unpaired) electrons. The van der Waals surface area contributed by atoms with Crippen molar-refractivity contribution in [3.63, 3.8) is 0 Å². The van der Waals surface area contributed by atoms with E-state index in [0.717, 1.165) is 22.6 Å². The molecule has 3 aromatic carbocycles. The zero-order valence-electron chi connectivity index (χ0n) is 18.3. The summed E-state index contributed by atoms with van der Waals surface area (Å²) in [4.78, 5) is 21.2. The summed E-state index contributed by atoms with van der Waals surface area (Å²) in [7, 11) is 3.23. The monoisotopic (exact) mass is 441 g/mol. The Labute approximate surface area is 192 Å². The van der Waals surface area contributed by atoms with Gasteiger partial charge in [-0.25, -0.2) is 9.97 Å². The van der Waals surface area contributed by atoms with Gasteiger partial charge in [-0.3, -0.25) is 4.79 Å². The molecule has 0 aliphatic rings. The standard InChI is InChI=1S/C26H23N3O4/c1-31-21-8-6-18(7-9-21)16-27-26(30)20-5-3-4-19(14-20)24-15-25(29-17-28-24)33-23-12-10-22(32-2)11-13-23/h3-15,17H,16H2,1-2H3,(H,27,30). The van der Waals surface area contributed by atoms with Gasteiger partial charge in [-0.05, 0) is 54.1 Å². The molecule has 1 aromatic heterocycles. The minimum Gasteiger partial charge on any atom is -0.497 e. The van der Waals surface area contributed by atoms with Crippen molar-refractivity contribution in [2.45, 2.75) is 6.54 Å². The number of rotatable bonds is 8. The summed E-state index contributed by atoms with van der Waals surface area (Å²) in [5.41, 5.74) is 2.96. The zero-order valence-corrected chi connectivity index (χ0v) is 18.3. The van der Waals surface area contributed by atoms with Crippen LogP contribution in [-0.2, 0) is 6.54 Å². The molecule has 7 heteroatoms. The van der Waals surface area contributed by atoms with Gasteiger partial charge < -0.3 is 19.5 Å². The third-order valence-corrected chi connectivity index (χ3v) is 4.96. The lowest BCUT2D eigenvalue weighted by Crippen LogP contribution is -2.22. The van der Waals surface area contributed by atoms with Gasteiger partial charge in [0.1, 0.15) is 23.6 Å². The van der Waals surface area contributed by atoms with Crippen molar-refractivity contribution in [2.75, 3.05) is 14.2 Å². The van der Waals surface area contributed by atoms with E-state index in [1.807, 2.05) is 48.5 Å². The first-order valence-corrected chi connectivity index (χ1v) is 10.3. The highest BCUT2D eigenvalue weighted by atomic mass is 16.5. The maximum Gasteiger partial charge on any atom is 0.251 e. The van der Waals surface area contributed by atoms with E-state index < -0.39 is 0 Å². The highest BCUT2D eigenvalue weighted by molar-refractivity contribution is 5.95. The molecule has 0 spiro atoms. The van der Waals surface area contributed by atoms with Crippen LogP contribution in [0, 0.1) is 0 Å². The summed E-state index contributed by atoms with van der Waals surface area (Å²) in [6, 6.07) is 23.8. The van der Waals surface area contributed by atoms with Gasteiger partial charge in [0.2, 0.25) is 5.88 Å². The van der Waals surface area contributed by atoms with Crippen LogP contribution in [0.15, 0.2) is 85.2 Å². The first-order chi connectivity index (χ1) is 16.1. The van der Waals surface area contributed by atoms with Gasteiger partial charge in [-0.2, -0.15) is 0 Å². The number of ether oxygens (including phenoxy) is 3. The number of nitrogens with one attached hydrogen (secondary N) is 1. The summed E-state index contributed by atoms with van der Waals surface area (Å²) < 4.78 is 16.1. The molecule has 0 unspecified atom stereocenters. The first kappa shape index (κ1) is 21.8. The lowest BCUT2D eigenvalue weighted by molar-refractivity contribution is 0.0951. The Morgan fingerprint density at radius 3 is 2.18 bits per heavy atom. The van der Waals surface area contributed by atoms with Crippen LogP contribution in [0.2, 0.25) is 0 Å². The third kappa shape index (κ3) is 5.65. The molecule has 0 saturated heterocycles. The highest BCUT2D eigenvalue weighted by Gasteiger charge is 2.10. The number of nitrogens with zero attached hydrogens (tertiary/aromatic N) is 2. The average molecular weight is 441 g/mol. The second-order valence-electron chi connectivity index (χ2n) is 7.13. The Morgan fingerprint density at radius 2 is 1.48 bits per heavy atom. The summed E-state index contributed by atoms with van der Waals surface area (Å²) in [6.07, 6.45) is 1.44. The molecule has 0 bridgehead atoms. The van der Waals surface area contributed by atoms with E-state index in [1.165, 1.54) is 6.33 Å². The van der Waals surface area contributed by atoms with Crippen LogP contribution < -0.4 is 19.5 Å². The predicted molar refractivity (Wildman–Crippen MR) is 125 cm³/mol. The van der Waals surface area contributed by atoms with Gasteiger partial charge in [0.05, 0.1) is 19.9 Å². The van der Waals surface area contributed by atoms with E-state index >= 15 is 0 Å². The van der Waals surface area contributed by atoms with Gasteiger partial charge in [-0.15, -0.1) is 0 Å². The average Bonchev–Trinajstić information content (AvgIpc) is 2.88. The Balaban J connectivity index is 1.45. The number of aromatic nitrogens is 2. The molecular formula is C26H23N3O4. The molecule has 4 aromatic rings. The van der Waals surface area contributed by atoms with Gasteiger partial charge in [-0.1, -0.05) is 24.3 Å². The number of carbonyl (C=O) groups excluding carboxylic acids is 1. The molecule has 33 heavy (non-hydrogen) atoms. The van der Waals surface area contributed by atoms with Gasteiger partial charge >= 0.3 is 0 Å². The van der Waals surface area contributed by atoms with Crippen molar-refractivity contribution in [1.82, 2.24) is 15.3 Å². The van der Waals surface area contributed by atoms with Crippen LogP contribution in [0.25, 0.3) is 11.3 Å². The molecular weight excluding hydrogens is 418 g/mol. The fraction of sp³-hybridized carbons (Fsp3) is 0.115. The molecule has 0 fully saturated rings. The Hall–Kier alpha value is -4.39. The molecule has 0 aliphatic carbocycles. The zero-order chi connectivity index (χ0) is 23.0. The Bertz CT molecular complexity index is 1230. The normalized spacial score (nSPS) is 10.4. The maximum absolute atomic E-state index is 12.7. The summed E-state index contributed by atoms with van der Waals surface area (Å²) in [5, 5.41) is 2.94. The fourth-order valence-electron chi connectivity index (χ4n) is 3.17. The van der Waals surface area contributed by atoms with Gasteiger partial charge in [0, 0.05) is 23.7 Å². The van der Waals surface area contributed by atoms with Crippen molar-refractivity contribution in [3.05, 3.63) is 96.3 Å². The van der Waals surface area contributed by atoms with Crippen LogP contribution >= 0.6 is 0 Å². The number of methoxy groups -OCH3 is 2. The minimum atomic E-state index is -0.170. The molecule has 1 N–H and O–H groups in total. The van der Waals surface area contributed by atoms with E-state index in [0.29, 0.717) is 29.4 Å². The second-order valence-corrected chi connectivity index (χ2v) is 7.13. The quantitative estimate of drug-likeness (QED) is 0.420. The van der Waals surface area contributed by atoms with Crippen molar-refractivity contribution < 1.29 is 19.0 Å². The largest absolute Gasteiger partial charge is 0.497 e. The summed E-state index contributed by atoms with van der Waals surface area (Å²) in [5.74, 6) is 2.38. The maximum atomic E-state index is 12.7. The van der Waals surface area contributed by atoms with Crippen LogP contribution in [0.4, 0.5) is 0 Å². The summed E-state index contributed by atoms with van der Waals surface area (Å²) >= 11 is 0. The number of hydrogen-bond donors (Lipinski definition) is 1. The van der Waals surface area contributed by atoms with Crippen LogP contribution in [0.5, 0.6) is 23.1 Å². The summed E-state index contributed by atoms with van der Waals surface area (Å²) in [6.45, 7) is 0.417. The van der Waals surface area contributed by atoms with Crippen molar-refractivity contribution in [3.8, 4) is 34.4 Å². The number of hydrogen-bond acceptors (Lipinski definition) is 6. The van der Waals surface area contributed by atoms with Crippen LogP contribution in [0.1, 0.15) is 15.9 Å². The first-order valence-electron chi connectivity index (χ1n) is 10.3. The van der Waals surface area contributed by atoms with E-state index in [-0.39, 0.29) is 5.91 Å². The molecule has 1 amide bonds.